The van der Waals surface area contributed by atoms with E-state index in [1.54, 1.807) is 18.0 Å². The first-order valence-corrected chi connectivity index (χ1v) is 8.88. The van der Waals surface area contributed by atoms with Gasteiger partial charge in [0, 0.05) is 20.2 Å². The van der Waals surface area contributed by atoms with Crippen molar-refractivity contribution in [3.63, 3.8) is 0 Å². The van der Waals surface area contributed by atoms with Gasteiger partial charge in [-0.3, -0.25) is 0 Å². The summed E-state index contributed by atoms with van der Waals surface area (Å²) in [7, 11) is -1.99. The average Bonchev–Trinajstić information content (AvgIpc) is 3.24. The van der Waals surface area contributed by atoms with E-state index in [-0.39, 0.29) is 10.9 Å². The molecule has 1 saturated heterocycles. The van der Waals surface area contributed by atoms with Crippen molar-refractivity contribution in [1.29, 1.82) is 5.26 Å². The zero-order valence-electron chi connectivity index (χ0n) is 13.2. The number of ether oxygens (including phenoxy) is 1. The Kier molecular flexibility index (Phi) is 4.62. The summed E-state index contributed by atoms with van der Waals surface area (Å²) in [6.45, 7) is 1.14. The Labute approximate surface area is 140 Å². The first-order valence-electron chi connectivity index (χ1n) is 7.44. The molecule has 3 rings (SSSR count). The maximum atomic E-state index is 12.7. The minimum Gasteiger partial charge on any atom is -0.378 e. The molecule has 0 amide bonds. The zero-order chi connectivity index (χ0) is 17.2. The van der Waals surface area contributed by atoms with Crippen LogP contribution in [-0.4, -0.2) is 47.9 Å². The summed E-state index contributed by atoms with van der Waals surface area (Å²) >= 11 is 0. The predicted molar refractivity (Wildman–Crippen MR) is 84.3 cm³/mol. The van der Waals surface area contributed by atoms with Crippen LogP contribution in [0.4, 0.5) is 0 Å². The molecule has 1 fully saturated rings. The molecule has 0 N–H and O–H groups in total. The SMILES string of the molecule is COCc1cn(C2CCN(S(=O)(=O)c3ccc(C#N)cc3)C2)nn1. The summed E-state index contributed by atoms with van der Waals surface area (Å²) in [6.07, 6.45) is 2.46. The molecule has 0 radical (unpaired) electrons. The molecule has 0 spiro atoms. The van der Waals surface area contributed by atoms with Gasteiger partial charge in [-0.25, -0.2) is 13.1 Å². The smallest absolute Gasteiger partial charge is 0.243 e. The number of sulfonamides is 1. The van der Waals surface area contributed by atoms with Crippen LogP contribution in [-0.2, 0) is 21.4 Å². The van der Waals surface area contributed by atoms with Gasteiger partial charge < -0.3 is 4.74 Å². The lowest BCUT2D eigenvalue weighted by atomic mass is 10.2. The van der Waals surface area contributed by atoms with Gasteiger partial charge in [-0.2, -0.15) is 9.57 Å². The van der Waals surface area contributed by atoms with E-state index in [9.17, 15) is 8.42 Å². The average molecular weight is 347 g/mol. The fourth-order valence-corrected chi connectivity index (χ4v) is 4.19. The molecule has 126 valence electrons. The van der Waals surface area contributed by atoms with Crippen molar-refractivity contribution in [3.05, 3.63) is 41.7 Å². The third-order valence-electron chi connectivity index (χ3n) is 3.97. The summed E-state index contributed by atoms with van der Waals surface area (Å²) in [5.41, 5.74) is 1.15. The summed E-state index contributed by atoms with van der Waals surface area (Å²) in [6, 6.07) is 7.88. The Bertz CT molecular complexity index is 854. The number of benzene rings is 1. The van der Waals surface area contributed by atoms with Crippen LogP contribution in [0.1, 0.15) is 23.7 Å². The highest BCUT2D eigenvalue weighted by Gasteiger charge is 2.33. The molecule has 1 aliphatic rings. The monoisotopic (exact) mass is 347 g/mol. The number of rotatable bonds is 5. The molecule has 1 aliphatic heterocycles. The van der Waals surface area contributed by atoms with E-state index in [0.29, 0.717) is 37.4 Å². The molecular weight excluding hydrogens is 330 g/mol. The molecular formula is C15H17N5O3S. The molecule has 1 aromatic carbocycles. The van der Waals surface area contributed by atoms with Crippen molar-refractivity contribution >= 4 is 10.0 Å². The van der Waals surface area contributed by atoms with Crippen molar-refractivity contribution in [2.24, 2.45) is 0 Å². The largest absolute Gasteiger partial charge is 0.378 e. The van der Waals surface area contributed by atoms with Crippen LogP contribution >= 0.6 is 0 Å². The minimum atomic E-state index is -3.57. The van der Waals surface area contributed by atoms with Crippen molar-refractivity contribution in [2.75, 3.05) is 20.2 Å². The lowest BCUT2D eigenvalue weighted by Gasteiger charge is -2.16. The van der Waals surface area contributed by atoms with E-state index in [1.807, 2.05) is 6.07 Å². The number of aromatic nitrogens is 3. The first kappa shape index (κ1) is 16.6. The summed E-state index contributed by atoms with van der Waals surface area (Å²) in [5.74, 6) is 0. The lowest BCUT2D eigenvalue weighted by Crippen LogP contribution is -2.29. The Morgan fingerprint density at radius 3 is 2.79 bits per heavy atom. The Balaban J connectivity index is 1.74. The molecule has 0 saturated carbocycles. The fourth-order valence-electron chi connectivity index (χ4n) is 2.70. The van der Waals surface area contributed by atoms with Crippen LogP contribution in [0.15, 0.2) is 35.4 Å². The highest BCUT2D eigenvalue weighted by Crippen LogP contribution is 2.27. The second-order valence-electron chi connectivity index (χ2n) is 5.56. The van der Waals surface area contributed by atoms with E-state index in [2.05, 4.69) is 10.3 Å². The first-order chi connectivity index (χ1) is 11.5. The van der Waals surface area contributed by atoms with E-state index >= 15 is 0 Å². The van der Waals surface area contributed by atoms with Crippen LogP contribution in [0.25, 0.3) is 0 Å². The Hall–Kier alpha value is -2.28. The van der Waals surface area contributed by atoms with Crippen LogP contribution in [0.5, 0.6) is 0 Å². The molecule has 0 bridgehead atoms. The standard InChI is InChI=1S/C15H17N5O3S/c1-23-11-13-9-20(18-17-13)14-6-7-19(10-14)24(21,22)15-4-2-12(8-16)3-5-15/h2-5,9,14H,6-7,10-11H2,1H3. The lowest BCUT2D eigenvalue weighted by molar-refractivity contribution is 0.181. The number of hydrogen-bond donors (Lipinski definition) is 0. The van der Waals surface area contributed by atoms with E-state index in [0.717, 1.165) is 0 Å². The number of methoxy groups -OCH3 is 1. The van der Waals surface area contributed by atoms with Crippen LogP contribution in [0, 0.1) is 11.3 Å². The summed E-state index contributed by atoms with van der Waals surface area (Å²) < 4.78 is 33.5. The molecule has 0 aliphatic carbocycles. The minimum absolute atomic E-state index is 0.0451. The van der Waals surface area contributed by atoms with E-state index in [1.165, 1.54) is 28.6 Å². The molecule has 1 aromatic heterocycles. The highest BCUT2D eigenvalue weighted by atomic mass is 32.2. The van der Waals surface area contributed by atoms with Crippen LogP contribution in [0.2, 0.25) is 0 Å². The van der Waals surface area contributed by atoms with Crippen molar-refractivity contribution in [3.8, 4) is 6.07 Å². The van der Waals surface area contributed by atoms with Gasteiger partial charge in [-0.15, -0.1) is 5.10 Å². The molecule has 24 heavy (non-hydrogen) atoms. The maximum absolute atomic E-state index is 12.7. The van der Waals surface area contributed by atoms with Crippen LogP contribution < -0.4 is 0 Å². The molecule has 2 aromatic rings. The maximum Gasteiger partial charge on any atom is 0.243 e. The normalized spacial score (nSPS) is 18.6. The van der Waals surface area contributed by atoms with Gasteiger partial charge in [-0.1, -0.05) is 5.21 Å². The highest BCUT2D eigenvalue weighted by molar-refractivity contribution is 7.89. The van der Waals surface area contributed by atoms with Crippen molar-refractivity contribution in [2.45, 2.75) is 24.0 Å². The topological polar surface area (TPSA) is 101 Å². The van der Waals surface area contributed by atoms with Crippen LogP contribution in [0.3, 0.4) is 0 Å². The van der Waals surface area contributed by atoms with Gasteiger partial charge in [0.25, 0.3) is 0 Å². The van der Waals surface area contributed by atoms with Gasteiger partial charge in [0.15, 0.2) is 0 Å². The fraction of sp³-hybridized carbons (Fsp3) is 0.400. The van der Waals surface area contributed by atoms with E-state index < -0.39 is 10.0 Å². The molecule has 9 heteroatoms. The second-order valence-corrected chi connectivity index (χ2v) is 7.50. The zero-order valence-corrected chi connectivity index (χ0v) is 14.0. The second kappa shape index (κ2) is 6.68. The molecule has 1 unspecified atom stereocenters. The summed E-state index contributed by atoms with van der Waals surface area (Å²) in [5, 5.41) is 16.9. The van der Waals surface area contributed by atoms with Crippen molar-refractivity contribution in [1.82, 2.24) is 19.3 Å². The van der Waals surface area contributed by atoms with Crippen molar-refractivity contribution < 1.29 is 13.2 Å². The number of hydrogen-bond acceptors (Lipinski definition) is 6. The molecule has 2 heterocycles. The summed E-state index contributed by atoms with van der Waals surface area (Å²) in [4.78, 5) is 0.195. The molecule has 1 atom stereocenters. The Morgan fingerprint density at radius 1 is 1.38 bits per heavy atom. The molecule has 8 nitrogen and oxygen atoms in total. The number of nitriles is 1. The van der Waals surface area contributed by atoms with Gasteiger partial charge in [0.05, 0.1) is 35.4 Å². The quantitative estimate of drug-likeness (QED) is 0.797. The third-order valence-corrected chi connectivity index (χ3v) is 5.85. The van der Waals surface area contributed by atoms with Gasteiger partial charge in [0.2, 0.25) is 10.0 Å². The predicted octanol–water partition coefficient (Wildman–Crippen LogP) is 0.932. The van der Waals surface area contributed by atoms with E-state index in [4.69, 9.17) is 10.00 Å². The van der Waals surface area contributed by atoms with Gasteiger partial charge in [-0.05, 0) is 30.7 Å². The Morgan fingerprint density at radius 2 is 2.12 bits per heavy atom. The number of nitrogens with zero attached hydrogens (tertiary/aromatic N) is 5. The van der Waals surface area contributed by atoms with Gasteiger partial charge >= 0.3 is 0 Å². The van der Waals surface area contributed by atoms with Gasteiger partial charge in [0.1, 0.15) is 5.69 Å². The third kappa shape index (κ3) is 3.17.